The molecule has 0 amide bonds. The number of rotatable bonds is 3. The normalized spacial score (nSPS) is 24.1. The number of nitrogens with one attached hydrogen (secondary N) is 1. The van der Waals surface area contributed by atoms with Crippen molar-refractivity contribution < 1.29 is 4.79 Å². The first-order valence-electron chi connectivity index (χ1n) is 7.55. The van der Waals surface area contributed by atoms with E-state index >= 15 is 0 Å². The van der Waals surface area contributed by atoms with Gasteiger partial charge >= 0.3 is 0 Å². The van der Waals surface area contributed by atoms with Crippen molar-refractivity contribution in [3.8, 4) is 0 Å². The maximum absolute atomic E-state index is 12.4. The summed E-state index contributed by atoms with van der Waals surface area (Å²) >= 11 is 0. The van der Waals surface area contributed by atoms with E-state index in [-0.39, 0.29) is 11.8 Å². The van der Waals surface area contributed by atoms with Crippen LogP contribution in [0.15, 0.2) is 24.3 Å². The van der Waals surface area contributed by atoms with Gasteiger partial charge in [0.15, 0.2) is 5.78 Å². The predicted octanol–water partition coefficient (Wildman–Crippen LogP) is 1.37. The fourth-order valence-corrected chi connectivity index (χ4v) is 3.03. The van der Waals surface area contributed by atoms with E-state index in [1.165, 1.54) is 5.69 Å². The average molecular weight is 273 g/mol. The Labute approximate surface area is 120 Å². The van der Waals surface area contributed by atoms with Crippen LogP contribution >= 0.6 is 0 Å². The Morgan fingerprint density at radius 1 is 1.25 bits per heavy atom. The highest BCUT2D eigenvalue weighted by molar-refractivity contribution is 6.01. The second kappa shape index (κ2) is 5.94. The van der Waals surface area contributed by atoms with E-state index in [2.05, 4.69) is 34.3 Å². The Balaban J connectivity index is 1.73. The molecule has 0 spiro atoms. The Morgan fingerprint density at radius 2 is 2.05 bits per heavy atom. The molecule has 1 aromatic carbocycles. The summed E-state index contributed by atoms with van der Waals surface area (Å²) in [5.74, 6) is 0.249. The van der Waals surface area contributed by atoms with Crippen LogP contribution < -0.4 is 10.2 Å². The van der Waals surface area contributed by atoms with Crippen LogP contribution in [0.25, 0.3) is 0 Å². The SMILES string of the molecule is CN1CCN(c2cccc(C(=O)C3CCCN3)c2)CC1. The zero-order valence-corrected chi connectivity index (χ0v) is 12.1. The monoisotopic (exact) mass is 273 g/mol. The van der Waals surface area contributed by atoms with Gasteiger partial charge in [0.1, 0.15) is 0 Å². The quantitative estimate of drug-likeness (QED) is 0.844. The van der Waals surface area contributed by atoms with E-state index in [0.717, 1.165) is 51.1 Å². The smallest absolute Gasteiger partial charge is 0.179 e. The number of likely N-dealkylation sites (N-methyl/N-ethyl adjacent to an activating group) is 1. The molecule has 2 saturated heterocycles. The molecule has 20 heavy (non-hydrogen) atoms. The molecule has 2 aliphatic rings. The van der Waals surface area contributed by atoms with Crippen LogP contribution in [0.2, 0.25) is 0 Å². The second-order valence-electron chi connectivity index (χ2n) is 5.85. The van der Waals surface area contributed by atoms with Crippen LogP contribution in [0.1, 0.15) is 23.2 Å². The Morgan fingerprint density at radius 3 is 2.75 bits per heavy atom. The predicted molar refractivity (Wildman–Crippen MR) is 81.5 cm³/mol. The molecule has 3 rings (SSSR count). The maximum Gasteiger partial charge on any atom is 0.179 e. The summed E-state index contributed by atoms with van der Waals surface area (Å²) in [4.78, 5) is 17.2. The third-order valence-corrected chi connectivity index (χ3v) is 4.38. The molecule has 2 heterocycles. The van der Waals surface area contributed by atoms with Gasteiger partial charge in [0, 0.05) is 37.4 Å². The van der Waals surface area contributed by atoms with Crippen molar-refractivity contribution in [1.82, 2.24) is 10.2 Å². The van der Waals surface area contributed by atoms with Crippen LogP contribution in [-0.4, -0.2) is 56.5 Å². The van der Waals surface area contributed by atoms with Gasteiger partial charge < -0.3 is 15.1 Å². The molecule has 0 bridgehead atoms. The summed E-state index contributed by atoms with van der Waals surface area (Å²) < 4.78 is 0. The van der Waals surface area contributed by atoms with Gasteiger partial charge in [-0.15, -0.1) is 0 Å². The van der Waals surface area contributed by atoms with Crippen molar-refractivity contribution in [2.75, 3.05) is 44.7 Å². The van der Waals surface area contributed by atoms with Gasteiger partial charge in [0.25, 0.3) is 0 Å². The van der Waals surface area contributed by atoms with E-state index in [9.17, 15) is 4.79 Å². The molecule has 1 atom stereocenters. The van der Waals surface area contributed by atoms with E-state index in [1.807, 2.05) is 12.1 Å². The van der Waals surface area contributed by atoms with Gasteiger partial charge in [-0.25, -0.2) is 0 Å². The van der Waals surface area contributed by atoms with Crippen LogP contribution in [0.3, 0.4) is 0 Å². The highest BCUT2D eigenvalue weighted by Crippen LogP contribution is 2.20. The number of Topliss-reactive ketones (excluding diaryl/α,β-unsaturated/α-hetero) is 1. The first kappa shape index (κ1) is 13.6. The minimum Gasteiger partial charge on any atom is -0.369 e. The summed E-state index contributed by atoms with van der Waals surface area (Å²) in [7, 11) is 2.16. The summed E-state index contributed by atoms with van der Waals surface area (Å²) in [6.07, 6.45) is 2.08. The van der Waals surface area contributed by atoms with Crippen molar-refractivity contribution in [1.29, 1.82) is 0 Å². The van der Waals surface area contributed by atoms with Crippen molar-refractivity contribution in [3.05, 3.63) is 29.8 Å². The summed E-state index contributed by atoms with van der Waals surface area (Å²) in [6.45, 7) is 5.21. The highest BCUT2D eigenvalue weighted by atomic mass is 16.1. The molecule has 0 radical (unpaired) electrons. The molecule has 1 aromatic rings. The lowest BCUT2D eigenvalue weighted by Gasteiger charge is -2.34. The zero-order chi connectivity index (χ0) is 13.9. The first-order chi connectivity index (χ1) is 9.74. The molecule has 0 saturated carbocycles. The van der Waals surface area contributed by atoms with Crippen LogP contribution in [0.5, 0.6) is 0 Å². The first-order valence-corrected chi connectivity index (χ1v) is 7.55. The molecule has 1 N–H and O–H groups in total. The number of hydrogen-bond donors (Lipinski definition) is 1. The molecule has 2 aliphatic heterocycles. The van der Waals surface area contributed by atoms with Crippen molar-refractivity contribution in [2.24, 2.45) is 0 Å². The van der Waals surface area contributed by atoms with Crippen LogP contribution in [0.4, 0.5) is 5.69 Å². The lowest BCUT2D eigenvalue weighted by molar-refractivity contribution is 0.0952. The summed E-state index contributed by atoms with van der Waals surface area (Å²) in [5.41, 5.74) is 2.03. The second-order valence-corrected chi connectivity index (χ2v) is 5.85. The third-order valence-electron chi connectivity index (χ3n) is 4.38. The fraction of sp³-hybridized carbons (Fsp3) is 0.562. The Bertz CT molecular complexity index is 474. The molecule has 4 heteroatoms. The molecule has 0 aliphatic carbocycles. The van der Waals surface area contributed by atoms with Crippen molar-refractivity contribution in [3.63, 3.8) is 0 Å². The zero-order valence-electron chi connectivity index (χ0n) is 12.1. The topological polar surface area (TPSA) is 35.6 Å². The van der Waals surface area contributed by atoms with Crippen molar-refractivity contribution >= 4 is 11.5 Å². The molecular weight excluding hydrogens is 250 g/mol. The Kier molecular flexibility index (Phi) is 4.03. The van der Waals surface area contributed by atoms with E-state index in [0.29, 0.717) is 0 Å². The van der Waals surface area contributed by atoms with Crippen LogP contribution in [0, 0.1) is 0 Å². The van der Waals surface area contributed by atoms with Gasteiger partial charge in [0.05, 0.1) is 6.04 Å². The van der Waals surface area contributed by atoms with Gasteiger partial charge in [-0.1, -0.05) is 12.1 Å². The number of piperazine rings is 1. The molecule has 108 valence electrons. The number of ketones is 1. The minimum absolute atomic E-state index is 0.0257. The minimum atomic E-state index is 0.0257. The van der Waals surface area contributed by atoms with Gasteiger partial charge in [0.2, 0.25) is 0 Å². The van der Waals surface area contributed by atoms with E-state index < -0.39 is 0 Å². The van der Waals surface area contributed by atoms with Gasteiger partial charge in [-0.05, 0) is 38.6 Å². The number of carbonyl (C=O) groups is 1. The lowest BCUT2D eigenvalue weighted by atomic mass is 10.0. The van der Waals surface area contributed by atoms with Crippen LogP contribution in [-0.2, 0) is 0 Å². The third kappa shape index (κ3) is 2.86. The average Bonchev–Trinajstić information content (AvgIpc) is 3.01. The fourth-order valence-electron chi connectivity index (χ4n) is 3.03. The molecule has 4 nitrogen and oxygen atoms in total. The molecule has 2 fully saturated rings. The number of hydrogen-bond acceptors (Lipinski definition) is 4. The summed E-state index contributed by atoms with van der Waals surface area (Å²) in [6, 6.07) is 8.16. The number of nitrogens with zero attached hydrogens (tertiary/aromatic N) is 2. The molecular formula is C16H23N3O. The van der Waals surface area contributed by atoms with E-state index in [4.69, 9.17) is 0 Å². The largest absolute Gasteiger partial charge is 0.369 e. The van der Waals surface area contributed by atoms with E-state index in [1.54, 1.807) is 0 Å². The molecule has 0 aromatic heterocycles. The number of anilines is 1. The van der Waals surface area contributed by atoms with Crippen molar-refractivity contribution in [2.45, 2.75) is 18.9 Å². The lowest BCUT2D eigenvalue weighted by Crippen LogP contribution is -2.44. The van der Waals surface area contributed by atoms with Gasteiger partial charge in [-0.3, -0.25) is 4.79 Å². The highest BCUT2D eigenvalue weighted by Gasteiger charge is 2.24. The maximum atomic E-state index is 12.4. The molecule has 1 unspecified atom stereocenters. The summed E-state index contributed by atoms with van der Waals surface area (Å²) in [5, 5.41) is 3.29. The standard InChI is InChI=1S/C16H23N3O/c1-18-8-10-19(11-9-18)14-5-2-4-13(12-14)16(20)15-6-3-7-17-15/h2,4-5,12,15,17H,3,6-11H2,1H3. The number of carbonyl (C=O) groups excluding carboxylic acids is 1. The number of benzene rings is 1. The Hall–Kier alpha value is -1.39. The van der Waals surface area contributed by atoms with Gasteiger partial charge in [-0.2, -0.15) is 0 Å².